The normalized spacial score (nSPS) is 17.9. The molecular weight excluding hydrogens is 364 g/mol. The Balaban J connectivity index is 1.67. The Kier molecular flexibility index (Phi) is 5.96. The van der Waals surface area contributed by atoms with Crippen molar-refractivity contribution < 1.29 is 13.2 Å². The number of aryl methyl sites for hydroxylation is 1. The van der Waals surface area contributed by atoms with Crippen LogP contribution in [0.4, 0.5) is 0 Å². The van der Waals surface area contributed by atoms with E-state index in [2.05, 4.69) is 46.1 Å². The molecule has 3 rings (SSSR count). The van der Waals surface area contributed by atoms with Crippen molar-refractivity contribution in [3.05, 3.63) is 41.7 Å². The smallest absolute Gasteiger partial charge is 0.223 e. The van der Waals surface area contributed by atoms with Crippen molar-refractivity contribution in [2.45, 2.75) is 32.1 Å². The molecule has 0 aliphatic carbocycles. The van der Waals surface area contributed by atoms with Crippen LogP contribution in [-0.4, -0.2) is 55.3 Å². The number of piperidine rings is 1. The first-order valence-electron chi connectivity index (χ1n) is 9.16. The number of nitrogens with zero attached hydrogens (tertiary/aromatic N) is 2. The maximum atomic E-state index is 12.5. The van der Waals surface area contributed by atoms with E-state index in [-0.39, 0.29) is 24.8 Å². The van der Waals surface area contributed by atoms with Gasteiger partial charge in [-0.3, -0.25) is 9.89 Å². The highest BCUT2D eigenvalue weighted by Crippen LogP contribution is 2.33. The molecule has 0 saturated carbocycles. The van der Waals surface area contributed by atoms with Gasteiger partial charge in [-0.1, -0.05) is 29.8 Å². The Morgan fingerprint density at radius 1 is 1.33 bits per heavy atom. The van der Waals surface area contributed by atoms with Crippen LogP contribution in [0.2, 0.25) is 0 Å². The van der Waals surface area contributed by atoms with Gasteiger partial charge in [0.05, 0.1) is 12.5 Å². The summed E-state index contributed by atoms with van der Waals surface area (Å²) in [6.07, 6.45) is 5.03. The van der Waals surface area contributed by atoms with Gasteiger partial charge in [0, 0.05) is 43.2 Å². The monoisotopic (exact) mass is 390 g/mol. The molecule has 1 aromatic carbocycles. The van der Waals surface area contributed by atoms with Gasteiger partial charge in [0.1, 0.15) is 0 Å². The number of aromatic amines is 1. The molecule has 1 aliphatic rings. The Morgan fingerprint density at radius 2 is 2.07 bits per heavy atom. The molecule has 2 N–H and O–H groups in total. The van der Waals surface area contributed by atoms with Crippen LogP contribution >= 0.6 is 0 Å². The first-order chi connectivity index (χ1) is 12.8. The van der Waals surface area contributed by atoms with E-state index in [0.717, 1.165) is 35.9 Å². The van der Waals surface area contributed by atoms with Gasteiger partial charge in [0.2, 0.25) is 15.9 Å². The third-order valence-corrected chi connectivity index (χ3v) is 5.65. The zero-order chi connectivity index (χ0) is 19.4. The van der Waals surface area contributed by atoms with E-state index in [4.69, 9.17) is 0 Å². The molecule has 0 spiro atoms. The molecular formula is C19H26N4O3S. The highest BCUT2D eigenvalue weighted by Gasteiger charge is 2.27. The number of hydrogen-bond donors (Lipinski definition) is 2. The number of hydrogen-bond acceptors (Lipinski definition) is 4. The lowest BCUT2D eigenvalue weighted by Crippen LogP contribution is -2.40. The molecule has 1 aromatic heterocycles. The van der Waals surface area contributed by atoms with Gasteiger partial charge in [0.15, 0.2) is 0 Å². The number of carbonyl (C=O) groups is 1. The first-order valence-corrected chi connectivity index (χ1v) is 11.1. The number of rotatable bonds is 6. The summed E-state index contributed by atoms with van der Waals surface area (Å²) in [6, 6.07) is 8.34. The van der Waals surface area contributed by atoms with Gasteiger partial charge in [-0.15, -0.1) is 0 Å². The number of sulfonamides is 1. The van der Waals surface area contributed by atoms with Crippen molar-refractivity contribution in [2.24, 2.45) is 0 Å². The van der Waals surface area contributed by atoms with Crippen LogP contribution in [0.5, 0.6) is 0 Å². The molecule has 2 heterocycles. The lowest BCUT2D eigenvalue weighted by molar-refractivity contribution is -0.132. The molecule has 0 radical (unpaired) electrons. The molecule has 1 saturated heterocycles. The molecule has 0 bridgehead atoms. The van der Waals surface area contributed by atoms with E-state index >= 15 is 0 Å². The number of carbonyl (C=O) groups excluding carboxylic acids is 1. The standard InChI is InChI=1S/C19H26N4O3S/c1-14-5-7-15(8-6-14)17-12-20-22-19(17)16-4-3-11-23(13-16)18(24)9-10-21-27(2,25)26/h5-8,12,16,21H,3-4,9-11,13H2,1-2H3,(H,20,22). The third-order valence-electron chi connectivity index (χ3n) is 4.92. The lowest BCUT2D eigenvalue weighted by atomic mass is 9.90. The maximum absolute atomic E-state index is 12.5. The van der Waals surface area contributed by atoms with Gasteiger partial charge in [0.25, 0.3) is 0 Å². The molecule has 7 nitrogen and oxygen atoms in total. The van der Waals surface area contributed by atoms with Gasteiger partial charge in [-0.2, -0.15) is 5.10 Å². The summed E-state index contributed by atoms with van der Waals surface area (Å²) in [5.41, 5.74) is 4.46. The molecule has 146 valence electrons. The van der Waals surface area contributed by atoms with Crippen LogP contribution in [0, 0.1) is 6.92 Å². The van der Waals surface area contributed by atoms with Crippen LogP contribution in [0.25, 0.3) is 11.1 Å². The number of nitrogens with one attached hydrogen (secondary N) is 2. The fourth-order valence-corrected chi connectivity index (χ4v) is 3.98. The van der Waals surface area contributed by atoms with Crippen molar-refractivity contribution in [1.82, 2.24) is 19.8 Å². The third kappa shape index (κ3) is 5.17. The van der Waals surface area contributed by atoms with Crippen LogP contribution in [0.3, 0.4) is 0 Å². The van der Waals surface area contributed by atoms with E-state index in [0.29, 0.717) is 13.1 Å². The highest BCUT2D eigenvalue weighted by molar-refractivity contribution is 7.88. The van der Waals surface area contributed by atoms with Gasteiger partial charge in [-0.05, 0) is 25.3 Å². The van der Waals surface area contributed by atoms with Crippen LogP contribution < -0.4 is 4.72 Å². The summed E-state index contributed by atoms with van der Waals surface area (Å²) in [4.78, 5) is 14.3. The fourth-order valence-electron chi connectivity index (χ4n) is 3.51. The van der Waals surface area contributed by atoms with Crippen molar-refractivity contribution >= 4 is 15.9 Å². The number of benzene rings is 1. The highest BCUT2D eigenvalue weighted by atomic mass is 32.2. The van der Waals surface area contributed by atoms with E-state index in [9.17, 15) is 13.2 Å². The molecule has 1 unspecified atom stereocenters. The van der Waals surface area contributed by atoms with E-state index < -0.39 is 10.0 Å². The molecule has 1 amide bonds. The Labute approximate surface area is 160 Å². The summed E-state index contributed by atoms with van der Waals surface area (Å²) in [6.45, 7) is 3.53. The second-order valence-corrected chi connectivity index (χ2v) is 8.99. The van der Waals surface area contributed by atoms with Gasteiger partial charge < -0.3 is 4.90 Å². The number of H-pyrrole nitrogens is 1. The predicted octanol–water partition coefficient (Wildman–Crippen LogP) is 2.03. The van der Waals surface area contributed by atoms with Gasteiger partial charge >= 0.3 is 0 Å². The molecule has 1 aliphatic heterocycles. The largest absolute Gasteiger partial charge is 0.342 e. The summed E-state index contributed by atoms with van der Waals surface area (Å²) in [5.74, 6) is 0.177. The second-order valence-electron chi connectivity index (χ2n) is 7.16. The predicted molar refractivity (Wildman–Crippen MR) is 105 cm³/mol. The zero-order valence-electron chi connectivity index (χ0n) is 15.7. The number of likely N-dealkylation sites (tertiary alicyclic amines) is 1. The molecule has 27 heavy (non-hydrogen) atoms. The zero-order valence-corrected chi connectivity index (χ0v) is 16.6. The topological polar surface area (TPSA) is 95.2 Å². The van der Waals surface area contributed by atoms with Crippen LogP contribution in [0.15, 0.2) is 30.5 Å². The van der Waals surface area contributed by atoms with E-state index in [1.165, 1.54) is 5.56 Å². The van der Waals surface area contributed by atoms with E-state index in [1.54, 1.807) is 0 Å². The fraction of sp³-hybridized carbons (Fsp3) is 0.474. The molecule has 2 aromatic rings. The lowest BCUT2D eigenvalue weighted by Gasteiger charge is -2.33. The average molecular weight is 391 g/mol. The van der Waals surface area contributed by atoms with E-state index in [1.807, 2.05) is 11.1 Å². The molecule has 8 heteroatoms. The minimum absolute atomic E-state index is 0.0211. The van der Waals surface area contributed by atoms with Crippen molar-refractivity contribution in [2.75, 3.05) is 25.9 Å². The summed E-state index contributed by atoms with van der Waals surface area (Å²) in [5, 5.41) is 7.37. The van der Waals surface area contributed by atoms with Crippen LogP contribution in [0.1, 0.15) is 36.4 Å². The quantitative estimate of drug-likeness (QED) is 0.789. The Bertz CT molecular complexity index is 890. The Morgan fingerprint density at radius 3 is 2.78 bits per heavy atom. The first kappa shape index (κ1) is 19.6. The minimum Gasteiger partial charge on any atom is -0.342 e. The number of amides is 1. The molecule has 1 atom stereocenters. The maximum Gasteiger partial charge on any atom is 0.223 e. The van der Waals surface area contributed by atoms with Crippen molar-refractivity contribution in [3.63, 3.8) is 0 Å². The number of aromatic nitrogens is 2. The second kappa shape index (κ2) is 8.22. The summed E-state index contributed by atoms with van der Waals surface area (Å²) in [7, 11) is -3.27. The van der Waals surface area contributed by atoms with Crippen molar-refractivity contribution in [1.29, 1.82) is 0 Å². The van der Waals surface area contributed by atoms with Crippen molar-refractivity contribution in [3.8, 4) is 11.1 Å². The van der Waals surface area contributed by atoms with Gasteiger partial charge in [-0.25, -0.2) is 13.1 Å². The average Bonchev–Trinajstić information content (AvgIpc) is 3.11. The molecule has 1 fully saturated rings. The minimum atomic E-state index is -3.27. The summed E-state index contributed by atoms with van der Waals surface area (Å²) < 4.78 is 24.7. The Hall–Kier alpha value is -2.19. The van der Waals surface area contributed by atoms with Crippen LogP contribution in [-0.2, 0) is 14.8 Å². The summed E-state index contributed by atoms with van der Waals surface area (Å²) >= 11 is 0. The SMILES string of the molecule is Cc1ccc(-c2cn[nH]c2C2CCCN(C(=O)CCNS(C)(=O)=O)C2)cc1.